The summed E-state index contributed by atoms with van der Waals surface area (Å²) < 4.78 is 11.4. The summed E-state index contributed by atoms with van der Waals surface area (Å²) >= 11 is 0. The summed E-state index contributed by atoms with van der Waals surface area (Å²) in [7, 11) is 0. The van der Waals surface area contributed by atoms with Crippen LogP contribution in [0.15, 0.2) is 69.9 Å². The summed E-state index contributed by atoms with van der Waals surface area (Å²) in [4.78, 5) is 51.7. The molecule has 9 nitrogen and oxygen atoms in total. The van der Waals surface area contributed by atoms with Gasteiger partial charge in [0.05, 0.1) is 0 Å². The highest BCUT2D eigenvalue weighted by atomic mass is 16.7. The lowest BCUT2D eigenvalue weighted by Crippen LogP contribution is -2.33. The Hall–Kier alpha value is -4.66. The minimum absolute atomic E-state index is 0.0211. The van der Waals surface area contributed by atoms with E-state index in [-0.39, 0.29) is 18.3 Å². The first-order chi connectivity index (χ1) is 16.4. The van der Waals surface area contributed by atoms with E-state index < -0.39 is 24.4 Å². The highest BCUT2D eigenvalue weighted by Crippen LogP contribution is 2.40. The van der Waals surface area contributed by atoms with Crippen molar-refractivity contribution in [2.45, 2.75) is 12.8 Å². The number of anilines is 1. The molecule has 0 saturated carbocycles. The number of ether oxygens (including phenoxy) is 1. The first-order valence-corrected chi connectivity index (χ1v) is 10.4. The maximum absolute atomic E-state index is 12.0. The molecule has 0 spiro atoms. The topological polar surface area (TPSA) is 129 Å². The average molecular weight is 458 g/mol. The van der Waals surface area contributed by atoms with Gasteiger partial charge >= 0.3 is 5.97 Å². The van der Waals surface area contributed by atoms with Crippen molar-refractivity contribution in [3.05, 3.63) is 70.9 Å². The van der Waals surface area contributed by atoms with Crippen LogP contribution < -0.4 is 15.9 Å². The van der Waals surface area contributed by atoms with Crippen LogP contribution in [0, 0.1) is 0 Å². The third kappa shape index (κ3) is 3.95. The fourth-order valence-electron chi connectivity index (χ4n) is 3.84. The molecule has 34 heavy (non-hydrogen) atoms. The second kappa shape index (κ2) is 8.36. The third-order valence-corrected chi connectivity index (χ3v) is 5.42. The Morgan fingerprint density at radius 2 is 1.68 bits per heavy atom. The SMILES string of the molecule is Nc1ccc2c(-c3ccc(OCC(=O)ON4C(=O)CCC4=O)cc3)c3ccc(=O)cc-3oc2c1. The Kier molecular flexibility index (Phi) is 5.21. The quantitative estimate of drug-likeness (QED) is 0.274. The van der Waals surface area contributed by atoms with Crippen molar-refractivity contribution in [1.82, 2.24) is 5.06 Å². The number of hydrogen-bond donors (Lipinski definition) is 1. The molecule has 3 aliphatic rings. The molecule has 1 saturated heterocycles. The van der Waals surface area contributed by atoms with Gasteiger partial charge in [-0.1, -0.05) is 12.1 Å². The Bertz CT molecular complexity index is 1460. The zero-order chi connectivity index (χ0) is 23.8. The van der Waals surface area contributed by atoms with Crippen molar-refractivity contribution in [3.8, 4) is 28.2 Å². The number of nitrogen functional groups attached to an aromatic ring is 1. The van der Waals surface area contributed by atoms with E-state index >= 15 is 0 Å². The summed E-state index contributed by atoms with van der Waals surface area (Å²) in [6.07, 6.45) is 0.0422. The molecule has 0 aromatic heterocycles. The molecule has 2 N–H and O–H groups in total. The van der Waals surface area contributed by atoms with Crippen molar-refractivity contribution < 1.29 is 28.4 Å². The lowest BCUT2D eigenvalue weighted by atomic mass is 9.93. The molecule has 0 atom stereocenters. The number of hydroxylamine groups is 2. The summed E-state index contributed by atoms with van der Waals surface area (Å²) in [5, 5.41) is 1.29. The van der Waals surface area contributed by atoms with Gasteiger partial charge < -0.3 is 19.7 Å². The lowest BCUT2D eigenvalue weighted by molar-refractivity contribution is -0.198. The normalized spacial score (nSPS) is 13.6. The van der Waals surface area contributed by atoms with E-state index in [0.29, 0.717) is 27.8 Å². The van der Waals surface area contributed by atoms with Gasteiger partial charge in [0.25, 0.3) is 11.8 Å². The second-order valence-corrected chi connectivity index (χ2v) is 7.75. The fraction of sp³-hybridized carbons (Fsp3) is 0.120. The maximum Gasteiger partial charge on any atom is 0.370 e. The average Bonchev–Trinajstić information content (AvgIpc) is 3.13. The minimum atomic E-state index is -0.861. The number of carbonyl (C=O) groups excluding carboxylic acids is 3. The monoisotopic (exact) mass is 458 g/mol. The molecule has 0 unspecified atom stereocenters. The van der Waals surface area contributed by atoms with E-state index in [2.05, 4.69) is 0 Å². The van der Waals surface area contributed by atoms with Crippen LogP contribution in [-0.4, -0.2) is 29.5 Å². The standard InChI is InChI=1S/C25H18N2O7/c26-15-3-7-18-20(11-15)33-21-12-16(28)4-8-19(21)25(18)14-1-5-17(6-2-14)32-13-24(31)34-27-22(29)9-10-23(27)30/h1-8,11-12H,9-10,13,26H2. The van der Waals surface area contributed by atoms with Gasteiger partial charge in [0, 0.05) is 47.2 Å². The van der Waals surface area contributed by atoms with Gasteiger partial charge in [-0.3, -0.25) is 14.4 Å². The number of benzene rings is 3. The maximum atomic E-state index is 12.0. The highest BCUT2D eigenvalue weighted by Gasteiger charge is 2.32. The van der Waals surface area contributed by atoms with E-state index in [9.17, 15) is 19.2 Å². The van der Waals surface area contributed by atoms with Crippen LogP contribution in [0.5, 0.6) is 5.75 Å². The molecule has 0 radical (unpaired) electrons. The molecular formula is C25H18N2O7. The van der Waals surface area contributed by atoms with E-state index in [4.69, 9.17) is 19.7 Å². The van der Waals surface area contributed by atoms with Gasteiger partial charge in [0.2, 0.25) is 0 Å². The molecule has 0 bridgehead atoms. The zero-order valence-corrected chi connectivity index (χ0v) is 17.8. The summed E-state index contributed by atoms with van der Waals surface area (Å²) in [5.41, 5.74) is 9.27. The third-order valence-electron chi connectivity index (χ3n) is 5.42. The molecule has 1 fully saturated rings. The molecule has 9 heteroatoms. The first-order valence-electron chi connectivity index (χ1n) is 10.4. The van der Waals surface area contributed by atoms with Gasteiger partial charge in [0.15, 0.2) is 12.0 Å². The van der Waals surface area contributed by atoms with Gasteiger partial charge in [-0.2, -0.15) is 0 Å². The van der Waals surface area contributed by atoms with Gasteiger partial charge in [0.1, 0.15) is 17.1 Å². The predicted molar refractivity (Wildman–Crippen MR) is 122 cm³/mol. The van der Waals surface area contributed by atoms with Crippen LogP contribution in [0.25, 0.3) is 33.4 Å². The summed E-state index contributed by atoms with van der Waals surface area (Å²) in [5.74, 6) is -1.14. The van der Waals surface area contributed by atoms with E-state index in [1.807, 2.05) is 18.2 Å². The number of amides is 2. The van der Waals surface area contributed by atoms with Crippen molar-refractivity contribution in [3.63, 3.8) is 0 Å². The molecule has 2 aromatic rings. The highest BCUT2D eigenvalue weighted by molar-refractivity contribution is 6.03. The second-order valence-electron chi connectivity index (χ2n) is 7.75. The van der Waals surface area contributed by atoms with E-state index in [1.54, 1.807) is 30.3 Å². The molecule has 2 aliphatic heterocycles. The Morgan fingerprint density at radius 3 is 2.41 bits per heavy atom. The van der Waals surface area contributed by atoms with Crippen molar-refractivity contribution in [1.29, 1.82) is 0 Å². The van der Waals surface area contributed by atoms with E-state index in [1.165, 1.54) is 12.1 Å². The smallest absolute Gasteiger partial charge is 0.370 e. The summed E-state index contributed by atoms with van der Waals surface area (Å²) in [6, 6.07) is 16.9. The molecular weight excluding hydrogens is 440 g/mol. The number of rotatable bonds is 5. The lowest BCUT2D eigenvalue weighted by Gasteiger charge is -2.16. The first kappa shape index (κ1) is 21.2. The number of fused-ring (bicyclic) bond motifs is 2. The van der Waals surface area contributed by atoms with Crippen LogP contribution >= 0.6 is 0 Å². The van der Waals surface area contributed by atoms with Crippen LogP contribution in [0.3, 0.4) is 0 Å². The largest absolute Gasteiger partial charge is 0.482 e. The molecule has 2 aromatic carbocycles. The van der Waals surface area contributed by atoms with Gasteiger partial charge in [-0.15, -0.1) is 5.06 Å². The Balaban J connectivity index is 1.40. The van der Waals surface area contributed by atoms with Crippen LogP contribution in [0.2, 0.25) is 0 Å². The van der Waals surface area contributed by atoms with Crippen molar-refractivity contribution in [2.75, 3.05) is 12.3 Å². The van der Waals surface area contributed by atoms with Gasteiger partial charge in [-0.25, -0.2) is 4.79 Å². The zero-order valence-electron chi connectivity index (χ0n) is 17.8. The molecule has 2 amide bonds. The number of carbonyl (C=O) groups is 3. The summed E-state index contributed by atoms with van der Waals surface area (Å²) in [6.45, 7) is -0.474. The van der Waals surface area contributed by atoms with Crippen LogP contribution in [-0.2, 0) is 19.2 Å². The molecule has 170 valence electrons. The van der Waals surface area contributed by atoms with Crippen LogP contribution in [0.1, 0.15) is 12.8 Å². The predicted octanol–water partition coefficient (Wildman–Crippen LogP) is 3.13. The Labute approximate surface area is 192 Å². The van der Waals surface area contributed by atoms with Gasteiger partial charge in [-0.05, 0) is 42.0 Å². The van der Waals surface area contributed by atoms with E-state index in [0.717, 1.165) is 22.1 Å². The fourth-order valence-corrected chi connectivity index (χ4v) is 3.84. The molecule has 1 aliphatic carbocycles. The number of imide groups is 1. The Morgan fingerprint density at radius 1 is 0.941 bits per heavy atom. The minimum Gasteiger partial charge on any atom is -0.482 e. The number of nitrogens with two attached hydrogens (primary N) is 1. The van der Waals surface area contributed by atoms with Crippen molar-refractivity contribution >= 4 is 34.4 Å². The van der Waals surface area contributed by atoms with Crippen molar-refractivity contribution in [2.24, 2.45) is 0 Å². The molecule has 2 heterocycles. The molecule has 5 rings (SSSR count). The number of hydrogen-bond acceptors (Lipinski definition) is 8. The van der Waals surface area contributed by atoms with Crippen LogP contribution in [0.4, 0.5) is 5.69 Å². The number of nitrogens with zero attached hydrogens (tertiary/aromatic N) is 1.